The van der Waals surface area contributed by atoms with Gasteiger partial charge in [0.25, 0.3) is 0 Å². The number of hydrogen-bond acceptors (Lipinski definition) is 4. The lowest BCUT2D eigenvalue weighted by Crippen LogP contribution is -2.43. The lowest BCUT2D eigenvalue weighted by molar-refractivity contribution is -0.127. The summed E-state index contributed by atoms with van der Waals surface area (Å²) in [6, 6.07) is 18.1. The van der Waals surface area contributed by atoms with Crippen LogP contribution in [0.2, 0.25) is 5.02 Å². The van der Waals surface area contributed by atoms with Crippen LogP contribution in [0.5, 0.6) is 0 Å². The van der Waals surface area contributed by atoms with Crippen LogP contribution in [0.1, 0.15) is 30.5 Å². The van der Waals surface area contributed by atoms with Gasteiger partial charge in [-0.15, -0.1) is 0 Å². The zero-order valence-electron chi connectivity index (χ0n) is 19.3. The molecule has 2 aromatic carbocycles. The first-order chi connectivity index (χ1) is 16.0. The van der Waals surface area contributed by atoms with Gasteiger partial charge in [0.15, 0.2) is 0 Å². The highest BCUT2D eigenvalue weighted by Crippen LogP contribution is 2.24. The lowest BCUT2D eigenvalue weighted by atomic mass is 10.0. The predicted molar refractivity (Wildman–Crippen MR) is 133 cm³/mol. The largest absolute Gasteiger partial charge is 0.369 e. The Kier molecular flexibility index (Phi) is 9.73. The molecule has 177 valence electrons. The van der Waals surface area contributed by atoms with Crippen LogP contribution in [0.3, 0.4) is 0 Å². The van der Waals surface area contributed by atoms with Gasteiger partial charge in [-0.3, -0.25) is 19.4 Å². The van der Waals surface area contributed by atoms with E-state index in [1.807, 2.05) is 54.3 Å². The highest BCUT2D eigenvalue weighted by Gasteiger charge is 2.27. The van der Waals surface area contributed by atoms with Crippen molar-refractivity contribution in [2.24, 2.45) is 5.73 Å². The summed E-state index contributed by atoms with van der Waals surface area (Å²) in [5, 5.41) is 0.697. The third kappa shape index (κ3) is 7.84. The van der Waals surface area contributed by atoms with Crippen molar-refractivity contribution in [1.82, 2.24) is 14.7 Å². The van der Waals surface area contributed by atoms with E-state index in [1.54, 1.807) is 6.42 Å². The Bertz CT molecular complexity index is 891. The molecule has 2 N–H and O–H groups in total. The monoisotopic (exact) mass is 469 g/mol. The molecule has 1 aliphatic heterocycles. The fourth-order valence-electron chi connectivity index (χ4n) is 4.30. The second-order valence-corrected chi connectivity index (χ2v) is 8.91. The summed E-state index contributed by atoms with van der Waals surface area (Å²) in [5.74, 6) is -0.237. The Hall–Kier alpha value is -2.41. The van der Waals surface area contributed by atoms with Crippen LogP contribution in [0.15, 0.2) is 54.6 Å². The van der Waals surface area contributed by atoms with E-state index in [4.69, 9.17) is 17.3 Å². The molecule has 1 aliphatic rings. The molecule has 33 heavy (non-hydrogen) atoms. The van der Waals surface area contributed by atoms with Gasteiger partial charge >= 0.3 is 0 Å². The van der Waals surface area contributed by atoms with Crippen LogP contribution in [-0.2, 0) is 16.0 Å². The summed E-state index contributed by atoms with van der Waals surface area (Å²) in [4.78, 5) is 30.8. The number of halogens is 1. The first kappa shape index (κ1) is 25.2. The van der Waals surface area contributed by atoms with E-state index in [2.05, 4.69) is 21.9 Å². The van der Waals surface area contributed by atoms with Crippen molar-refractivity contribution in [1.29, 1.82) is 0 Å². The number of rotatable bonds is 10. The molecule has 1 saturated heterocycles. The summed E-state index contributed by atoms with van der Waals surface area (Å²) in [6.07, 6.45) is 3.27. The van der Waals surface area contributed by atoms with E-state index < -0.39 is 0 Å². The van der Waals surface area contributed by atoms with Gasteiger partial charge in [-0.05, 0) is 42.6 Å². The van der Waals surface area contributed by atoms with Crippen LogP contribution < -0.4 is 5.73 Å². The van der Waals surface area contributed by atoms with E-state index in [-0.39, 0.29) is 24.4 Å². The number of carbonyl (C=O) groups excluding carboxylic acids is 2. The number of hydrogen-bond donors (Lipinski definition) is 1. The SMILES string of the molecule is CCN(CC(N)=O)CC(c1ccccc1)N1CCCN(C(=O)[CH]Cc2ccc(Cl)cc2)CC1. The lowest BCUT2D eigenvalue weighted by Gasteiger charge is -2.34. The zero-order chi connectivity index (χ0) is 23.6. The second kappa shape index (κ2) is 12.7. The maximum atomic E-state index is 12.8. The molecule has 1 unspecified atom stereocenters. The molecule has 0 aromatic heterocycles. The Morgan fingerprint density at radius 2 is 1.79 bits per heavy atom. The Labute approximate surface area is 202 Å². The van der Waals surface area contributed by atoms with Crippen LogP contribution in [0.4, 0.5) is 0 Å². The quantitative estimate of drug-likeness (QED) is 0.580. The second-order valence-electron chi connectivity index (χ2n) is 8.47. The van der Waals surface area contributed by atoms with Crippen molar-refractivity contribution < 1.29 is 9.59 Å². The topological polar surface area (TPSA) is 69.9 Å². The van der Waals surface area contributed by atoms with E-state index in [0.29, 0.717) is 18.0 Å². The minimum absolute atomic E-state index is 0.0759. The number of carbonyl (C=O) groups is 2. The van der Waals surface area contributed by atoms with Gasteiger partial charge in [0.1, 0.15) is 0 Å². The molecule has 3 rings (SSSR count). The molecule has 1 fully saturated rings. The number of primary amides is 1. The average molecular weight is 470 g/mol. The van der Waals surface area contributed by atoms with Crippen molar-refractivity contribution in [3.8, 4) is 0 Å². The molecule has 1 radical (unpaired) electrons. The number of amides is 2. The van der Waals surface area contributed by atoms with Crippen LogP contribution in [0.25, 0.3) is 0 Å². The molecule has 2 aromatic rings. The summed E-state index contributed by atoms with van der Waals surface area (Å²) >= 11 is 5.95. The van der Waals surface area contributed by atoms with Gasteiger partial charge in [-0.2, -0.15) is 0 Å². The zero-order valence-corrected chi connectivity index (χ0v) is 20.1. The van der Waals surface area contributed by atoms with Gasteiger partial charge in [0, 0.05) is 43.8 Å². The highest BCUT2D eigenvalue weighted by atomic mass is 35.5. The van der Waals surface area contributed by atoms with Crippen molar-refractivity contribution in [2.75, 3.05) is 45.8 Å². The van der Waals surface area contributed by atoms with Crippen LogP contribution >= 0.6 is 11.6 Å². The highest BCUT2D eigenvalue weighted by molar-refractivity contribution is 6.30. The molecule has 2 amide bonds. The van der Waals surface area contributed by atoms with E-state index in [1.165, 1.54) is 5.56 Å². The summed E-state index contributed by atoms with van der Waals surface area (Å²) in [6.45, 7) is 6.88. The molecular weight excluding hydrogens is 436 g/mol. The average Bonchev–Trinajstić information content (AvgIpc) is 3.08. The van der Waals surface area contributed by atoms with Crippen molar-refractivity contribution in [3.63, 3.8) is 0 Å². The fraction of sp³-hybridized carbons (Fsp3) is 0.423. The van der Waals surface area contributed by atoms with E-state index in [0.717, 1.165) is 44.7 Å². The maximum absolute atomic E-state index is 12.8. The van der Waals surface area contributed by atoms with Crippen molar-refractivity contribution in [2.45, 2.75) is 25.8 Å². The molecule has 1 heterocycles. The third-order valence-corrected chi connectivity index (χ3v) is 6.40. The first-order valence-corrected chi connectivity index (χ1v) is 12.0. The molecule has 0 bridgehead atoms. The maximum Gasteiger partial charge on any atom is 0.231 e. The van der Waals surface area contributed by atoms with Gasteiger partial charge < -0.3 is 10.6 Å². The van der Waals surface area contributed by atoms with E-state index in [9.17, 15) is 9.59 Å². The van der Waals surface area contributed by atoms with Crippen LogP contribution in [-0.4, -0.2) is 72.3 Å². The Balaban J connectivity index is 1.63. The minimum atomic E-state index is -0.312. The van der Waals surface area contributed by atoms with Gasteiger partial charge in [-0.1, -0.05) is 61.0 Å². The Morgan fingerprint density at radius 1 is 1.06 bits per heavy atom. The molecular formula is C26H34ClN4O2. The van der Waals surface area contributed by atoms with Crippen molar-refractivity contribution >= 4 is 23.4 Å². The number of likely N-dealkylation sites (N-methyl/N-ethyl adjacent to an activating group) is 1. The van der Waals surface area contributed by atoms with Crippen molar-refractivity contribution in [3.05, 3.63) is 77.2 Å². The van der Waals surface area contributed by atoms with Crippen LogP contribution in [0, 0.1) is 6.42 Å². The molecule has 0 saturated carbocycles. The standard InChI is InChI=1S/C26H34ClN4O2/c1-2-29(20-25(28)32)19-24(22-7-4-3-5-8-22)30-15-6-16-31(18-17-30)26(33)14-11-21-9-12-23(27)13-10-21/h3-5,7-10,12-14,24H,2,6,11,15-20H2,1H3,(H2,28,32). The van der Waals surface area contributed by atoms with Gasteiger partial charge in [-0.25, -0.2) is 0 Å². The number of benzene rings is 2. The normalized spacial score (nSPS) is 15.9. The fourth-order valence-corrected chi connectivity index (χ4v) is 4.43. The van der Waals surface area contributed by atoms with Gasteiger partial charge in [0.2, 0.25) is 11.8 Å². The Morgan fingerprint density at radius 3 is 2.45 bits per heavy atom. The summed E-state index contributed by atoms with van der Waals surface area (Å²) in [7, 11) is 0. The smallest absolute Gasteiger partial charge is 0.231 e. The molecule has 0 spiro atoms. The molecule has 1 atom stereocenters. The molecule has 6 nitrogen and oxygen atoms in total. The molecule has 7 heteroatoms. The first-order valence-electron chi connectivity index (χ1n) is 11.6. The molecule has 0 aliphatic carbocycles. The van der Waals surface area contributed by atoms with Gasteiger partial charge in [0.05, 0.1) is 13.0 Å². The minimum Gasteiger partial charge on any atom is -0.369 e. The summed E-state index contributed by atoms with van der Waals surface area (Å²) in [5.41, 5.74) is 7.76. The third-order valence-electron chi connectivity index (χ3n) is 6.15. The predicted octanol–water partition coefficient (Wildman–Crippen LogP) is 3.17. The summed E-state index contributed by atoms with van der Waals surface area (Å²) < 4.78 is 0. The number of nitrogens with two attached hydrogens (primary N) is 1. The number of nitrogens with zero attached hydrogens (tertiary/aromatic N) is 3. The van der Waals surface area contributed by atoms with E-state index >= 15 is 0 Å².